The average Bonchev–Trinajstić information content (AvgIpc) is 2.76. The van der Waals surface area contributed by atoms with Gasteiger partial charge in [0.25, 0.3) is 0 Å². The third kappa shape index (κ3) is 6.11. The van der Waals surface area contributed by atoms with Gasteiger partial charge in [-0.25, -0.2) is 9.97 Å². The Morgan fingerprint density at radius 1 is 1.09 bits per heavy atom. The summed E-state index contributed by atoms with van der Waals surface area (Å²) >= 11 is 12.8. The van der Waals surface area contributed by atoms with E-state index in [0.717, 1.165) is 23.3 Å². The second kappa shape index (κ2) is 11.0. The van der Waals surface area contributed by atoms with Crippen LogP contribution in [0, 0.1) is 5.92 Å². The molecule has 0 spiro atoms. The number of aryl methyl sites for hydroxylation is 1. The van der Waals surface area contributed by atoms with E-state index >= 15 is 0 Å². The first-order valence-electron chi connectivity index (χ1n) is 11.0. The van der Waals surface area contributed by atoms with Gasteiger partial charge in [-0.15, -0.1) is 0 Å². The molecule has 0 aliphatic rings. The number of anilines is 1. The summed E-state index contributed by atoms with van der Waals surface area (Å²) in [4.78, 5) is 24.3. The van der Waals surface area contributed by atoms with Crippen LogP contribution in [0.25, 0.3) is 10.9 Å². The number of carbonyl (C=O) groups excluding carboxylic acids is 1. The number of hydrogen-bond acceptors (Lipinski definition) is 4. The third-order valence-electron chi connectivity index (χ3n) is 5.23. The van der Waals surface area contributed by atoms with Crippen molar-refractivity contribution in [3.63, 3.8) is 0 Å². The summed E-state index contributed by atoms with van der Waals surface area (Å²) in [5, 5.41) is 4.94. The number of nitrogens with one attached hydrogen (secondary N) is 1. The Hall–Kier alpha value is -2.37. The van der Waals surface area contributed by atoms with Gasteiger partial charge >= 0.3 is 0 Å². The molecule has 0 aliphatic carbocycles. The zero-order valence-electron chi connectivity index (χ0n) is 19.0. The lowest BCUT2D eigenvalue weighted by atomic mass is 10.1. The summed E-state index contributed by atoms with van der Waals surface area (Å²) in [6, 6.07) is 13.5. The van der Waals surface area contributed by atoms with Crippen molar-refractivity contribution in [2.75, 3.05) is 18.0 Å². The number of amides is 1. The molecule has 1 amide bonds. The summed E-state index contributed by atoms with van der Waals surface area (Å²) in [7, 11) is 0. The van der Waals surface area contributed by atoms with Crippen LogP contribution in [0.15, 0.2) is 42.5 Å². The number of benzene rings is 2. The van der Waals surface area contributed by atoms with Crippen LogP contribution in [0.4, 0.5) is 5.82 Å². The number of rotatable bonds is 9. The van der Waals surface area contributed by atoms with E-state index < -0.39 is 0 Å². The van der Waals surface area contributed by atoms with Gasteiger partial charge in [0.05, 0.1) is 16.6 Å². The lowest BCUT2D eigenvalue weighted by molar-refractivity contribution is -0.121. The number of aromatic nitrogens is 2. The van der Waals surface area contributed by atoms with Gasteiger partial charge in [0.15, 0.2) is 0 Å². The van der Waals surface area contributed by atoms with Gasteiger partial charge in [-0.2, -0.15) is 0 Å². The molecule has 1 atom stereocenters. The van der Waals surface area contributed by atoms with Gasteiger partial charge in [0.2, 0.25) is 5.91 Å². The predicted octanol–water partition coefficient (Wildman–Crippen LogP) is 6.23. The highest BCUT2D eigenvalue weighted by Crippen LogP contribution is 2.32. The van der Waals surface area contributed by atoms with Crippen LogP contribution in [-0.4, -0.2) is 29.0 Å². The first-order chi connectivity index (χ1) is 15.3. The minimum absolute atomic E-state index is 0.000232. The zero-order chi connectivity index (χ0) is 23.3. The molecule has 1 N–H and O–H groups in total. The largest absolute Gasteiger partial charge is 0.355 e. The minimum atomic E-state index is -0.0496. The summed E-state index contributed by atoms with van der Waals surface area (Å²) in [6.45, 7) is 9.59. The molecule has 3 aromatic rings. The van der Waals surface area contributed by atoms with E-state index in [2.05, 4.69) is 29.0 Å². The molecule has 0 saturated carbocycles. The van der Waals surface area contributed by atoms with Crippen molar-refractivity contribution in [1.29, 1.82) is 0 Å². The maximum absolute atomic E-state index is 12.7. The van der Waals surface area contributed by atoms with Crippen molar-refractivity contribution >= 4 is 45.8 Å². The molecular weight excluding hydrogens is 443 g/mol. The van der Waals surface area contributed by atoms with Crippen LogP contribution < -0.4 is 10.2 Å². The topological polar surface area (TPSA) is 58.1 Å². The van der Waals surface area contributed by atoms with Gasteiger partial charge in [0, 0.05) is 36.3 Å². The van der Waals surface area contributed by atoms with Crippen molar-refractivity contribution in [1.82, 2.24) is 15.3 Å². The van der Waals surface area contributed by atoms with E-state index in [1.807, 2.05) is 50.2 Å². The molecule has 7 heteroatoms. The van der Waals surface area contributed by atoms with Crippen molar-refractivity contribution in [3.8, 4) is 0 Å². The molecule has 2 aromatic carbocycles. The lowest BCUT2D eigenvalue weighted by Gasteiger charge is -2.27. The highest BCUT2D eigenvalue weighted by atomic mass is 35.5. The van der Waals surface area contributed by atoms with Gasteiger partial charge in [-0.05, 0) is 30.5 Å². The summed E-state index contributed by atoms with van der Waals surface area (Å²) in [5.41, 5.74) is 1.77. The van der Waals surface area contributed by atoms with E-state index in [9.17, 15) is 4.79 Å². The Kier molecular flexibility index (Phi) is 8.32. The monoisotopic (exact) mass is 472 g/mol. The Morgan fingerprint density at radius 3 is 2.47 bits per heavy atom. The molecule has 170 valence electrons. The average molecular weight is 473 g/mol. The number of carbonyl (C=O) groups is 1. The molecule has 1 heterocycles. The van der Waals surface area contributed by atoms with Crippen LogP contribution >= 0.6 is 23.2 Å². The van der Waals surface area contributed by atoms with Crippen LogP contribution in [0.5, 0.6) is 0 Å². The summed E-state index contributed by atoms with van der Waals surface area (Å²) in [5.74, 6) is 1.87. The highest BCUT2D eigenvalue weighted by Gasteiger charge is 2.19. The highest BCUT2D eigenvalue weighted by molar-refractivity contribution is 6.38. The van der Waals surface area contributed by atoms with Crippen molar-refractivity contribution in [3.05, 3.63) is 63.9 Å². The van der Waals surface area contributed by atoms with Crippen molar-refractivity contribution in [2.24, 2.45) is 5.92 Å². The van der Waals surface area contributed by atoms with Gasteiger partial charge in [0.1, 0.15) is 11.6 Å². The molecule has 0 unspecified atom stereocenters. The van der Waals surface area contributed by atoms with Crippen LogP contribution in [-0.2, 0) is 11.2 Å². The molecular formula is C25H30Cl2N4O. The van der Waals surface area contributed by atoms with Gasteiger partial charge in [-0.3, -0.25) is 4.79 Å². The van der Waals surface area contributed by atoms with Crippen molar-refractivity contribution in [2.45, 2.75) is 46.6 Å². The van der Waals surface area contributed by atoms with E-state index in [1.165, 1.54) is 0 Å². The van der Waals surface area contributed by atoms with Crippen LogP contribution in [0.2, 0.25) is 10.0 Å². The maximum atomic E-state index is 12.7. The number of nitrogens with zero attached hydrogens (tertiary/aromatic N) is 3. The third-order valence-corrected chi connectivity index (χ3v) is 5.74. The Balaban J connectivity index is 1.85. The first kappa shape index (κ1) is 24.3. The summed E-state index contributed by atoms with van der Waals surface area (Å²) in [6.07, 6.45) is 1.04. The maximum Gasteiger partial charge on any atom is 0.222 e. The molecule has 0 aliphatic heterocycles. The number of fused-ring (bicyclic) bond motifs is 1. The fourth-order valence-electron chi connectivity index (χ4n) is 3.69. The normalized spacial score (nSPS) is 12.2. The Morgan fingerprint density at radius 2 is 1.81 bits per heavy atom. The second-order valence-corrected chi connectivity index (χ2v) is 9.23. The van der Waals surface area contributed by atoms with E-state index in [1.54, 1.807) is 6.07 Å². The number of hydrogen-bond donors (Lipinski definition) is 1. The zero-order valence-corrected chi connectivity index (χ0v) is 20.5. The fourth-order valence-corrected chi connectivity index (χ4v) is 4.22. The quantitative estimate of drug-likeness (QED) is 0.400. The van der Waals surface area contributed by atoms with Crippen LogP contribution in [0.3, 0.4) is 0 Å². The minimum Gasteiger partial charge on any atom is -0.355 e. The molecule has 0 radical (unpaired) electrons. The van der Waals surface area contributed by atoms with Crippen LogP contribution in [0.1, 0.15) is 51.5 Å². The molecule has 0 fully saturated rings. The lowest BCUT2D eigenvalue weighted by Crippen LogP contribution is -2.35. The Bertz CT molecular complexity index is 1070. The molecule has 0 saturated heterocycles. The molecule has 0 bridgehead atoms. The first-order valence-corrected chi connectivity index (χ1v) is 11.8. The van der Waals surface area contributed by atoms with E-state index in [4.69, 9.17) is 28.2 Å². The predicted molar refractivity (Wildman–Crippen MR) is 134 cm³/mol. The summed E-state index contributed by atoms with van der Waals surface area (Å²) < 4.78 is 0. The van der Waals surface area contributed by atoms with Gasteiger partial charge < -0.3 is 10.2 Å². The fraction of sp³-hybridized carbons (Fsp3) is 0.400. The molecule has 32 heavy (non-hydrogen) atoms. The molecule has 1 aromatic heterocycles. The van der Waals surface area contributed by atoms with Crippen molar-refractivity contribution < 1.29 is 4.79 Å². The second-order valence-electron chi connectivity index (χ2n) is 8.39. The molecule has 5 nitrogen and oxygen atoms in total. The molecule has 3 rings (SSSR count). The Labute approximate surface area is 200 Å². The standard InChI is InChI=1S/C25H30Cl2N4O/c1-5-22-29-24-20(13-19(26)14-21(24)27)25(30-22)31(15-16(2)3)12-11-23(32)28-17(4)18-9-7-6-8-10-18/h6-10,13-14,16-17H,5,11-12,15H2,1-4H3,(H,28,32)/t17-/m0/s1. The smallest absolute Gasteiger partial charge is 0.222 e. The van der Waals surface area contributed by atoms with E-state index in [0.29, 0.717) is 46.7 Å². The van der Waals surface area contributed by atoms with Gasteiger partial charge in [-0.1, -0.05) is 74.3 Å². The van der Waals surface area contributed by atoms with E-state index in [-0.39, 0.29) is 11.9 Å². The number of halogens is 2. The SMILES string of the molecule is CCc1nc(N(CCC(=O)N[C@@H](C)c2ccccc2)CC(C)C)c2cc(Cl)cc(Cl)c2n1.